The number of likely N-dealkylation sites (N-methyl/N-ethyl adjacent to an activating group) is 1. The number of benzene rings is 1. The van der Waals surface area contributed by atoms with Crippen LogP contribution in [0.15, 0.2) is 42.6 Å². The normalized spacial score (nSPS) is 14.8. The molecule has 1 atom stereocenters. The van der Waals surface area contributed by atoms with E-state index in [0.717, 1.165) is 59.0 Å². The van der Waals surface area contributed by atoms with E-state index in [1.807, 2.05) is 44.6 Å². The summed E-state index contributed by atoms with van der Waals surface area (Å²) in [4.78, 5) is 22.4. The SMILES string of the molecule is CC[C@H](CNC)NC(=O)c1ccc2c(c1)nc(-c1cc3cccnc3n1CC1CC1)n2C. The number of fused-ring (bicyclic) bond motifs is 2. The molecule has 0 saturated heterocycles. The molecule has 3 aromatic heterocycles. The summed E-state index contributed by atoms with van der Waals surface area (Å²) in [6.45, 7) is 3.79. The molecule has 7 heteroatoms. The Kier molecular flexibility index (Phi) is 5.43. The van der Waals surface area contributed by atoms with Crippen molar-refractivity contribution in [2.24, 2.45) is 13.0 Å². The first-order chi connectivity index (χ1) is 15.6. The number of nitrogens with one attached hydrogen (secondary N) is 2. The molecule has 1 aromatic carbocycles. The molecule has 3 heterocycles. The third-order valence-corrected chi connectivity index (χ3v) is 6.44. The Bertz CT molecular complexity index is 1280. The molecule has 5 rings (SSSR count). The van der Waals surface area contributed by atoms with Crippen molar-refractivity contribution < 1.29 is 4.79 Å². The van der Waals surface area contributed by atoms with E-state index >= 15 is 0 Å². The summed E-state index contributed by atoms with van der Waals surface area (Å²) >= 11 is 0. The van der Waals surface area contributed by atoms with E-state index in [1.165, 1.54) is 12.8 Å². The summed E-state index contributed by atoms with van der Waals surface area (Å²) in [6, 6.07) is 12.1. The van der Waals surface area contributed by atoms with Crippen LogP contribution >= 0.6 is 0 Å². The van der Waals surface area contributed by atoms with Crippen molar-refractivity contribution in [3.63, 3.8) is 0 Å². The Morgan fingerprint density at radius 1 is 1.25 bits per heavy atom. The number of aromatic nitrogens is 4. The molecule has 1 saturated carbocycles. The second-order valence-corrected chi connectivity index (χ2v) is 8.83. The second kappa shape index (κ2) is 8.39. The van der Waals surface area contributed by atoms with Crippen molar-refractivity contribution in [2.45, 2.75) is 38.8 Å². The molecule has 1 aliphatic rings. The first-order valence-electron chi connectivity index (χ1n) is 11.5. The van der Waals surface area contributed by atoms with Gasteiger partial charge in [-0.15, -0.1) is 0 Å². The maximum atomic E-state index is 12.8. The Morgan fingerprint density at radius 2 is 2.09 bits per heavy atom. The third-order valence-electron chi connectivity index (χ3n) is 6.44. The quantitative estimate of drug-likeness (QED) is 0.447. The molecule has 0 unspecified atom stereocenters. The highest BCUT2D eigenvalue weighted by Crippen LogP contribution is 2.35. The molecule has 32 heavy (non-hydrogen) atoms. The zero-order valence-electron chi connectivity index (χ0n) is 18.9. The summed E-state index contributed by atoms with van der Waals surface area (Å²) in [5.41, 5.74) is 4.56. The van der Waals surface area contributed by atoms with Gasteiger partial charge in [0.05, 0.1) is 16.7 Å². The second-order valence-electron chi connectivity index (χ2n) is 8.83. The molecule has 1 aliphatic carbocycles. The molecule has 0 bridgehead atoms. The number of aryl methyl sites for hydroxylation is 1. The van der Waals surface area contributed by atoms with Gasteiger partial charge in [0, 0.05) is 43.3 Å². The molecule has 7 nitrogen and oxygen atoms in total. The fourth-order valence-corrected chi connectivity index (χ4v) is 4.40. The zero-order valence-corrected chi connectivity index (χ0v) is 18.9. The smallest absolute Gasteiger partial charge is 0.251 e. The van der Waals surface area contributed by atoms with Gasteiger partial charge >= 0.3 is 0 Å². The van der Waals surface area contributed by atoms with E-state index in [9.17, 15) is 4.79 Å². The van der Waals surface area contributed by atoms with Crippen LogP contribution in [-0.4, -0.2) is 44.6 Å². The van der Waals surface area contributed by atoms with Crippen LogP contribution in [0.5, 0.6) is 0 Å². The van der Waals surface area contributed by atoms with Crippen molar-refractivity contribution >= 4 is 28.0 Å². The van der Waals surface area contributed by atoms with E-state index in [-0.39, 0.29) is 11.9 Å². The van der Waals surface area contributed by atoms with E-state index in [1.54, 1.807) is 0 Å². The predicted molar refractivity (Wildman–Crippen MR) is 128 cm³/mol. The molecule has 2 N–H and O–H groups in total. The van der Waals surface area contributed by atoms with Gasteiger partial charge in [-0.25, -0.2) is 9.97 Å². The van der Waals surface area contributed by atoms with Crippen molar-refractivity contribution in [1.29, 1.82) is 0 Å². The first kappa shape index (κ1) is 20.7. The van der Waals surface area contributed by atoms with E-state index in [0.29, 0.717) is 5.56 Å². The largest absolute Gasteiger partial charge is 0.348 e. The number of hydrogen-bond donors (Lipinski definition) is 2. The van der Waals surface area contributed by atoms with Gasteiger partial charge in [0.15, 0.2) is 5.82 Å². The number of hydrogen-bond acceptors (Lipinski definition) is 4. The first-order valence-corrected chi connectivity index (χ1v) is 11.5. The highest BCUT2D eigenvalue weighted by Gasteiger charge is 2.26. The average molecular weight is 431 g/mol. The fourth-order valence-electron chi connectivity index (χ4n) is 4.40. The summed E-state index contributed by atoms with van der Waals surface area (Å²) in [5, 5.41) is 7.37. The summed E-state index contributed by atoms with van der Waals surface area (Å²) < 4.78 is 4.43. The summed E-state index contributed by atoms with van der Waals surface area (Å²) in [7, 11) is 3.94. The Morgan fingerprint density at radius 3 is 2.84 bits per heavy atom. The van der Waals surface area contributed by atoms with Gasteiger partial charge in [-0.05, 0) is 68.6 Å². The monoisotopic (exact) mass is 430 g/mol. The standard InChI is InChI=1S/C25H30N6O/c1-4-19(14-26-2)28-25(32)18-9-10-21-20(12-18)29-24(30(21)3)22-13-17-6-5-11-27-23(17)31(22)15-16-7-8-16/h5-6,9-13,16,19,26H,4,7-8,14-15H2,1-3H3,(H,28,32)/t19-/m1/s1. The van der Waals surface area contributed by atoms with Crippen LogP contribution in [0.1, 0.15) is 36.5 Å². The highest BCUT2D eigenvalue weighted by molar-refractivity contribution is 5.98. The average Bonchev–Trinajstić information content (AvgIpc) is 3.48. The maximum Gasteiger partial charge on any atom is 0.251 e. The lowest BCUT2D eigenvalue weighted by molar-refractivity contribution is 0.0936. The predicted octanol–water partition coefficient (Wildman–Crippen LogP) is 3.73. The van der Waals surface area contributed by atoms with Crippen LogP contribution < -0.4 is 10.6 Å². The van der Waals surface area contributed by atoms with E-state index in [4.69, 9.17) is 4.98 Å². The van der Waals surface area contributed by atoms with E-state index in [2.05, 4.69) is 43.8 Å². The minimum atomic E-state index is -0.0618. The van der Waals surface area contributed by atoms with Gasteiger partial charge in [0.25, 0.3) is 5.91 Å². The van der Waals surface area contributed by atoms with Crippen molar-refractivity contribution in [3.8, 4) is 11.5 Å². The Hall–Kier alpha value is -3.19. The Balaban J connectivity index is 1.53. The van der Waals surface area contributed by atoms with Gasteiger partial charge < -0.3 is 19.8 Å². The van der Waals surface area contributed by atoms with Crippen LogP contribution in [0, 0.1) is 5.92 Å². The number of rotatable bonds is 8. The molecule has 166 valence electrons. The van der Waals surface area contributed by atoms with Crippen LogP contribution in [0.3, 0.4) is 0 Å². The van der Waals surface area contributed by atoms with Gasteiger partial charge in [-0.2, -0.15) is 0 Å². The summed E-state index contributed by atoms with van der Waals surface area (Å²) in [5.74, 6) is 1.56. The van der Waals surface area contributed by atoms with E-state index < -0.39 is 0 Å². The molecule has 0 aliphatic heterocycles. The van der Waals surface area contributed by atoms with Crippen molar-refractivity contribution in [3.05, 3.63) is 48.2 Å². The van der Waals surface area contributed by atoms with Gasteiger partial charge in [0.2, 0.25) is 0 Å². The number of pyridine rings is 1. The topological polar surface area (TPSA) is 76.8 Å². The van der Waals surface area contributed by atoms with Gasteiger partial charge in [0.1, 0.15) is 5.65 Å². The van der Waals surface area contributed by atoms with Gasteiger partial charge in [-0.3, -0.25) is 4.79 Å². The molecular weight excluding hydrogens is 400 g/mol. The minimum absolute atomic E-state index is 0.0618. The number of carbonyl (C=O) groups excluding carboxylic acids is 1. The molecule has 4 aromatic rings. The Labute approximate surface area is 187 Å². The van der Waals surface area contributed by atoms with Gasteiger partial charge in [-0.1, -0.05) is 6.92 Å². The lowest BCUT2D eigenvalue weighted by Crippen LogP contribution is -2.40. The fraction of sp³-hybridized carbons (Fsp3) is 0.400. The number of imidazole rings is 1. The summed E-state index contributed by atoms with van der Waals surface area (Å²) in [6.07, 6.45) is 5.29. The molecular formula is C25H30N6O. The van der Waals surface area contributed by atoms with Crippen LogP contribution in [0.2, 0.25) is 0 Å². The number of amides is 1. The molecule has 1 amide bonds. The van der Waals surface area contributed by atoms with Crippen LogP contribution in [0.4, 0.5) is 0 Å². The number of carbonyl (C=O) groups is 1. The van der Waals surface area contributed by atoms with Crippen LogP contribution in [-0.2, 0) is 13.6 Å². The molecule has 1 fully saturated rings. The van der Waals surface area contributed by atoms with Crippen molar-refractivity contribution in [1.82, 2.24) is 29.7 Å². The molecule has 0 radical (unpaired) electrons. The maximum absolute atomic E-state index is 12.8. The third kappa shape index (κ3) is 3.77. The lowest BCUT2D eigenvalue weighted by Gasteiger charge is -2.16. The minimum Gasteiger partial charge on any atom is -0.348 e. The molecule has 0 spiro atoms. The number of nitrogens with zero attached hydrogens (tertiary/aromatic N) is 4. The highest BCUT2D eigenvalue weighted by atomic mass is 16.1. The lowest BCUT2D eigenvalue weighted by atomic mass is 10.1. The van der Waals surface area contributed by atoms with Crippen molar-refractivity contribution in [2.75, 3.05) is 13.6 Å². The van der Waals surface area contributed by atoms with Crippen LogP contribution in [0.25, 0.3) is 33.6 Å². The zero-order chi connectivity index (χ0) is 22.2.